The highest BCUT2D eigenvalue weighted by molar-refractivity contribution is 7.98. The summed E-state index contributed by atoms with van der Waals surface area (Å²) in [6.45, 7) is 1.52. The van der Waals surface area contributed by atoms with Crippen molar-refractivity contribution in [3.05, 3.63) is 0 Å². The summed E-state index contributed by atoms with van der Waals surface area (Å²) in [7, 11) is 1.72. The Morgan fingerprint density at radius 2 is 2.29 bits per heavy atom. The van der Waals surface area contributed by atoms with E-state index in [2.05, 4.69) is 5.32 Å². The quantitative estimate of drug-likeness (QED) is 0.649. The van der Waals surface area contributed by atoms with Crippen LogP contribution in [0.4, 0.5) is 0 Å². The van der Waals surface area contributed by atoms with Gasteiger partial charge in [-0.25, -0.2) is 0 Å². The van der Waals surface area contributed by atoms with Crippen molar-refractivity contribution in [2.75, 3.05) is 32.3 Å². The van der Waals surface area contributed by atoms with Crippen molar-refractivity contribution in [2.24, 2.45) is 11.1 Å². The van der Waals surface area contributed by atoms with Crippen LogP contribution in [0.3, 0.4) is 0 Å². The van der Waals surface area contributed by atoms with Crippen molar-refractivity contribution in [3.8, 4) is 0 Å². The molecule has 1 atom stereocenters. The molecule has 0 aromatic carbocycles. The van der Waals surface area contributed by atoms with Gasteiger partial charge in [-0.3, -0.25) is 4.79 Å². The largest absolute Gasteiger partial charge is 0.385 e. The van der Waals surface area contributed by atoms with Crippen LogP contribution in [0.5, 0.6) is 0 Å². The zero-order valence-corrected chi connectivity index (χ0v) is 11.6. The number of nitrogens with one attached hydrogen (secondary N) is 1. The van der Waals surface area contributed by atoms with Crippen molar-refractivity contribution in [3.63, 3.8) is 0 Å². The molecular formula is C12H24N2O2S. The average molecular weight is 260 g/mol. The molecule has 100 valence electrons. The van der Waals surface area contributed by atoms with Crippen LogP contribution in [0.1, 0.15) is 25.7 Å². The van der Waals surface area contributed by atoms with Gasteiger partial charge < -0.3 is 15.8 Å². The Bertz CT molecular complexity index is 245. The maximum absolute atomic E-state index is 11.7. The zero-order valence-electron chi connectivity index (χ0n) is 10.8. The summed E-state index contributed by atoms with van der Waals surface area (Å²) in [4.78, 5) is 11.7. The van der Waals surface area contributed by atoms with Gasteiger partial charge in [-0.05, 0) is 43.1 Å². The van der Waals surface area contributed by atoms with E-state index in [1.165, 1.54) is 12.8 Å². The summed E-state index contributed by atoms with van der Waals surface area (Å²) < 4.78 is 5.08. The zero-order chi connectivity index (χ0) is 12.7. The second kappa shape index (κ2) is 7.24. The maximum atomic E-state index is 11.7. The third kappa shape index (κ3) is 5.27. The number of hydrogen-bond donors (Lipinski definition) is 2. The average Bonchev–Trinajstić information content (AvgIpc) is 3.11. The smallest absolute Gasteiger partial charge is 0.236 e. The Kier molecular flexibility index (Phi) is 6.30. The summed E-state index contributed by atoms with van der Waals surface area (Å²) in [5.41, 5.74) is 6.10. The number of ether oxygens (including phenoxy) is 1. The van der Waals surface area contributed by atoms with Crippen LogP contribution in [-0.2, 0) is 9.53 Å². The highest BCUT2D eigenvalue weighted by Crippen LogP contribution is 2.48. The first-order valence-electron chi connectivity index (χ1n) is 6.15. The fraction of sp³-hybridized carbons (Fsp3) is 0.917. The van der Waals surface area contributed by atoms with E-state index in [1.54, 1.807) is 18.9 Å². The number of carbonyl (C=O) groups excluding carboxylic acids is 1. The predicted molar refractivity (Wildman–Crippen MR) is 72.1 cm³/mol. The first kappa shape index (κ1) is 14.8. The highest BCUT2D eigenvalue weighted by Gasteiger charge is 2.42. The number of methoxy groups -OCH3 is 1. The summed E-state index contributed by atoms with van der Waals surface area (Å²) in [5, 5.41) is 2.97. The molecule has 1 aliphatic rings. The van der Waals surface area contributed by atoms with E-state index in [9.17, 15) is 4.79 Å². The minimum absolute atomic E-state index is 0.0114. The molecule has 0 bridgehead atoms. The van der Waals surface area contributed by atoms with Gasteiger partial charge in [0, 0.05) is 20.3 Å². The first-order valence-corrected chi connectivity index (χ1v) is 7.54. The normalized spacial score (nSPS) is 18.8. The van der Waals surface area contributed by atoms with Crippen molar-refractivity contribution in [1.29, 1.82) is 0 Å². The molecule has 0 aromatic rings. The Morgan fingerprint density at radius 3 is 2.82 bits per heavy atom. The Balaban J connectivity index is 2.18. The molecule has 0 heterocycles. The summed E-state index contributed by atoms with van der Waals surface area (Å²) in [5.74, 6) is 0.923. The second-order valence-electron chi connectivity index (χ2n) is 4.85. The summed E-state index contributed by atoms with van der Waals surface area (Å²) >= 11 is 1.72. The molecule has 1 unspecified atom stereocenters. The van der Waals surface area contributed by atoms with Gasteiger partial charge in [0.25, 0.3) is 0 Å². The van der Waals surface area contributed by atoms with Crippen LogP contribution in [0, 0.1) is 5.41 Å². The van der Waals surface area contributed by atoms with E-state index in [0.29, 0.717) is 5.41 Å². The van der Waals surface area contributed by atoms with Gasteiger partial charge in [-0.2, -0.15) is 11.8 Å². The van der Waals surface area contributed by atoms with Crippen molar-refractivity contribution < 1.29 is 9.53 Å². The third-order valence-electron chi connectivity index (χ3n) is 3.40. The molecule has 0 radical (unpaired) electrons. The number of hydrogen-bond acceptors (Lipinski definition) is 4. The van der Waals surface area contributed by atoms with Crippen LogP contribution in [0.2, 0.25) is 0 Å². The van der Waals surface area contributed by atoms with Gasteiger partial charge in [0.05, 0.1) is 6.04 Å². The Labute approximate surface area is 108 Å². The van der Waals surface area contributed by atoms with Crippen molar-refractivity contribution in [1.82, 2.24) is 5.32 Å². The van der Waals surface area contributed by atoms with Crippen LogP contribution in [0.15, 0.2) is 0 Å². The molecule has 1 fully saturated rings. The lowest BCUT2D eigenvalue weighted by atomic mass is 10.0. The fourth-order valence-corrected chi connectivity index (χ4v) is 2.28. The number of nitrogens with two attached hydrogens (primary N) is 1. The van der Waals surface area contributed by atoms with Gasteiger partial charge in [0.15, 0.2) is 0 Å². The van der Waals surface area contributed by atoms with E-state index in [-0.39, 0.29) is 11.9 Å². The molecule has 0 aliphatic heterocycles. The van der Waals surface area contributed by atoms with Gasteiger partial charge in [-0.15, -0.1) is 0 Å². The van der Waals surface area contributed by atoms with Gasteiger partial charge in [-0.1, -0.05) is 0 Å². The van der Waals surface area contributed by atoms with Gasteiger partial charge in [0.2, 0.25) is 5.91 Å². The van der Waals surface area contributed by atoms with Crippen LogP contribution in [-0.4, -0.2) is 44.2 Å². The molecule has 1 aliphatic carbocycles. The molecule has 0 spiro atoms. The van der Waals surface area contributed by atoms with E-state index in [1.807, 2.05) is 6.26 Å². The lowest BCUT2D eigenvalue weighted by Crippen LogP contribution is -2.43. The van der Waals surface area contributed by atoms with E-state index < -0.39 is 0 Å². The van der Waals surface area contributed by atoms with Crippen molar-refractivity contribution >= 4 is 17.7 Å². The maximum Gasteiger partial charge on any atom is 0.236 e. The molecule has 0 saturated heterocycles. The number of carbonyl (C=O) groups is 1. The molecule has 1 rings (SSSR count). The van der Waals surface area contributed by atoms with E-state index >= 15 is 0 Å². The highest BCUT2D eigenvalue weighted by atomic mass is 32.2. The predicted octanol–water partition coefficient (Wildman–Crippen LogP) is 1.000. The third-order valence-corrected chi connectivity index (χ3v) is 4.04. The summed E-state index contributed by atoms with van der Waals surface area (Å²) in [6, 6.07) is -0.360. The monoisotopic (exact) mass is 260 g/mol. The van der Waals surface area contributed by atoms with Crippen molar-refractivity contribution in [2.45, 2.75) is 31.7 Å². The number of rotatable bonds is 9. The lowest BCUT2D eigenvalue weighted by molar-refractivity contribution is -0.122. The van der Waals surface area contributed by atoms with E-state index in [4.69, 9.17) is 10.5 Å². The molecule has 3 N–H and O–H groups in total. The minimum Gasteiger partial charge on any atom is -0.385 e. The Hall–Kier alpha value is -0.260. The van der Waals surface area contributed by atoms with Crippen LogP contribution >= 0.6 is 11.8 Å². The standard InChI is InChI=1S/C12H24N2O2S/c1-16-7-6-12(4-5-12)9-14-11(15)10(13)3-8-17-2/h10H,3-9,13H2,1-2H3,(H,14,15). The van der Waals surface area contributed by atoms with Crippen LogP contribution < -0.4 is 11.1 Å². The molecule has 5 heteroatoms. The molecule has 1 amide bonds. The Morgan fingerprint density at radius 1 is 1.59 bits per heavy atom. The SMILES string of the molecule is COCCC1(CNC(=O)C(N)CCSC)CC1. The van der Waals surface area contributed by atoms with Crippen LogP contribution in [0.25, 0.3) is 0 Å². The van der Waals surface area contributed by atoms with E-state index in [0.717, 1.165) is 31.7 Å². The van der Waals surface area contributed by atoms with Gasteiger partial charge >= 0.3 is 0 Å². The molecule has 1 saturated carbocycles. The second-order valence-corrected chi connectivity index (χ2v) is 5.83. The number of thioether (sulfide) groups is 1. The number of amides is 1. The first-order chi connectivity index (χ1) is 8.13. The molecular weight excluding hydrogens is 236 g/mol. The van der Waals surface area contributed by atoms with Gasteiger partial charge in [0.1, 0.15) is 0 Å². The lowest BCUT2D eigenvalue weighted by Gasteiger charge is -2.17. The summed E-state index contributed by atoms with van der Waals surface area (Å²) in [6.07, 6.45) is 6.18. The molecule has 4 nitrogen and oxygen atoms in total. The fourth-order valence-electron chi connectivity index (χ4n) is 1.79. The molecule has 17 heavy (non-hydrogen) atoms. The molecule has 0 aromatic heterocycles. The topological polar surface area (TPSA) is 64.3 Å². The minimum atomic E-state index is -0.360.